The van der Waals surface area contributed by atoms with E-state index in [9.17, 15) is 12.9 Å². The predicted molar refractivity (Wildman–Crippen MR) is 46.1 cm³/mol. The van der Waals surface area contributed by atoms with E-state index in [4.69, 9.17) is 0 Å². The van der Waals surface area contributed by atoms with Gasteiger partial charge in [0.15, 0.2) is 0 Å². The molecule has 0 saturated heterocycles. The largest absolute Gasteiger partial charge is 1.00 e. The van der Waals surface area contributed by atoms with Gasteiger partial charge in [0, 0.05) is 6.04 Å². The van der Waals surface area contributed by atoms with Crippen molar-refractivity contribution in [1.82, 2.24) is 4.90 Å². The van der Waals surface area contributed by atoms with E-state index in [1.54, 1.807) is 0 Å². The van der Waals surface area contributed by atoms with Gasteiger partial charge in [-0.2, -0.15) is 0 Å². The molecule has 74 valence electrons. The van der Waals surface area contributed by atoms with Crippen molar-refractivity contribution in [2.75, 3.05) is 13.5 Å². The predicted octanol–water partition coefficient (Wildman–Crippen LogP) is -0.503. The summed E-state index contributed by atoms with van der Waals surface area (Å²) in [6.45, 7) is -0.843. The molecular formula is C7H16BF3KN. The minimum Gasteiger partial charge on any atom is -0.448 e. The van der Waals surface area contributed by atoms with Gasteiger partial charge in [0.05, 0.1) is 0 Å². The molecule has 0 heterocycles. The third-order valence-electron chi connectivity index (χ3n) is 2.06. The van der Waals surface area contributed by atoms with Gasteiger partial charge in [-0.25, -0.2) is 0 Å². The Morgan fingerprint density at radius 1 is 1.15 bits per heavy atom. The molecule has 0 fully saturated rings. The second-order valence-electron chi connectivity index (χ2n) is 3.12. The molecule has 0 aromatic heterocycles. The van der Waals surface area contributed by atoms with Crippen LogP contribution in [0.4, 0.5) is 12.9 Å². The maximum Gasteiger partial charge on any atom is 1.00 e. The Labute approximate surface area is 121 Å². The van der Waals surface area contributed by atoms with E-state index in [1.807, 2.05) is 13.8 Å². The molecule has 0 unspecified atom stereocenters. The molecule has 6 heteroatoms. The molecular weight excluding hydrogens is 205 g/mol. The molecule has 0 bridgehead atoms. The van der Waals surface area contributed by atoms with Crippen molar-refractivity contribution >= 4 is 6.98 Å². The van der Waals surface area contributed by atoms with Gasteiger partial charge in [-0.05, 0) is 26.3 Å². The van der Waals surface area contributed by atoms with Crippen molar-refractivity contribution in [2.24, 2.45) is 0 Å². The maximum atomic E-state index is 12.0. The average Bonchev–Trinajstić information content (AvgIpc) is 1.85. The number of halogens is 3. The first-order valence-electron chi connectivity index (χ1n) is 4.32. The molecule has 0 aliphatic rings. The van der Waals surface area contributed by atoms with Gasteiger partial charge in [0.2, 0.25) is 0 Å². The van der Waals surface area contributed by atoms with Crippen LogP contribution < -0.4 is 51.4 Å². The van der Waals surface area contributed by atoms with E-state index in [1.165, 1.54) is 11.9 Å². The van der Waals surface area contributed by atoms with Gasteiger partial charge < -0.3 is 17.8 Å². The van der Waals surface area contributed by atoms with E-state index in [0.717, 1.165) is 12.8 Å². The Hall–Kier alpha value is 1.45. The summed E-state index contributed by atoms with van der Waals surface area (Å²) in [5.41, 5.74) is 0. The monoisotopic (exact) mass is 221 g/mol. The summed E-state index contributed by atoms with van der Waals surface area (Å²) < 4.78 is 35.9. The molecule has 0 atom stereocenters. The molecule has 0 spiro atoms. The van der Waals surface area contributed by atoms with Crippen LogP contribution in [0, 0.1) is 0 Å². The molecule has 0 saturated carbocycles. The van der Waals surface area contributed by atoms with Crippen molar-refractivity contribution in [3.63, 3.8) is 0 Å². The Kier molecular flexibility index (Phi) is 10.00. The number of rotatable bonds is 5. The fourth-order valence-corrected chi connectivity index (χ4v) is 1.39. The number of hydrogen-bond acceptors (Lipinski definition) is 1. The molecule has 0 aliphatic heterocycles. The van der Waals surface area contributed by atoms with Crippen LogP contribution in [0.2, 0.25) is 0 Å². The van der Waals surface area contributed by atoms with Gasteiger partial charge in [-0.3, -0.25) is 0 Å². The second-order valence-corrected chi connectivity index (χ2v) is 3.12. The second kappa shape index (κ2) is 7.71. The molecule has 0 amide bonds. The molecule has 13 heavy (non-hydrogen) atoms. The summed E-state index contributed by atoms with van der Waals surface area (Å²) >= 11 is 0. The summed E-state index contributed by atoms with van der Waals surface area (Å²) in [5, 5.41) is 0. The Morgan fingerprint density at radius 3 is 1.77 bits per heavy atom. The van der Waals surface area contributed by atoms with E-state index in [2.05, 4.69) is 0 Å². The van der Waals surface area contributed by atoms with Crippen molar-refractivity contribution in [3.05, 3.63) is 0 Å². The van der Waals surface area contributed by atoms with Crippen molar-refractivity contribution in [1.29, 1.82) is 0 Å². The Bertz CT molecular complexity index is 127. The summed E-state index contributed by atoms with van der Waals surface area (Å²) in [5.74, 6) is 0. The molecule has 0 aliphatic carbocycles. The van der Waals surface area contributed by atoms with Gasteiger partial charge in [0.1, 0.15) is 0 Å². The Morgan fingerprint density at radius 2 is 1.54 bits per heavy atom. The van der Waals surface area contributed by atoms with Crippen molar-refractivity contribution < 1.29 is 64.3 Å². The topological polar surface area (TPSA) is 3.24 Å². The first kappa shape index (κ1) is 16.9. The maximum absolute atomic E-state index is 12.0. The quantitative estimate of drug-likeness (QED) is 0.565. The first-order valence-corrected chi connectivity index (χ1v) is 4.32. The summed E-state index contributed by atoms with van der Waals surface area (Å²) in [6, 6.07) is 0.0634. The Balaban J connectivity index is 0. The molecule has 0 rings (SSSR count). The van der Waals surface area contributed by atoms with Crippen LogP contribution in [0.1, 0.15) is 26.7 Å². The number of hydrogen-bond donors (Lipinski definition) is 0. The number of nitrogens with zero attached hydrogens (tertiary/aromatic N) is 1. The third-order valence-corrected chi connectivity index (χ3v) is 2.06. The van der Waals surface area contributed by atoms with Crippen LogP contribution in [0.15, 0.2) is 0 Å². The van der Waals surface area contributed by atoms with Crippen LogP contribution in [0.3, 0.4) is 0 Å². The van der Waals surface area contributed by atoms with E-state index < -0.39 is 13.4 Å². The minimum absolute atomic E-state index is 0. The normalized spacial score (nSPS) is 12.0. The molecule has 0 aromatic carbocycles. The fraction of sp³-hybridized carbons (Fsp3) is 1.00. The zero-order chi connectivity index (χ0) is 9.78. The summed E-state index contributed by atoms with van der Waals surface area (Å²) in [4.78, 5) is 1.39. The SMILES string of the molecule is CCC(CC)N(C)C[B-](F)(F)F.[K+]. The van der Waals surface area contributed by atoms with E-state index >= 15 is 0 Å². The van der Waals surface area contributed by atoms with Crippen molar-refractivity contribution in [3.8, 4) is 0 Å². The van der Waals surface area contributed by atoms with Gasteiger partial charge in [0.25, 0.3) is 0 Å². The van der Waals surface area contributed by atoms with Crippen LogP contribution in [-0.2, 0) is 0 Å². The van der Waals surface area contributed by atoms with Crippen molar-refractivity contribution in [2.45, 2.75) is 32.7 Å². The van der Waals surface area contributed by atoms with Gasteiger partial charge in [-0.1, -0.05) is 13.8 Å². The third kappa shape index (κ3) is 8.45. The molecule has 1 nitrogen and oxygen atoms in total. The molecule has 0 radical (unpaired) electrons. The first-order chi connectivity index (χ1) is 5.40. The zero-order valence-corrected chi connectivity index (χ0v) is 12.0. The molecule has 0 aromatic rings. The van der Waals surface area contributed by atoms with Crippen LogP contribution in [-0.4, -0.2) is 31.4 Å². The van der Waals surface area contributed by atoms with Crippen LogP contribution in [0.5, 0.6) is 0 Å². The van der Waals surface area contributed by atoms with Crippen LogP contribution in [0.25, 0.3) is 0 Å². The van der Waals surface area contributed by atoms with Gasteiger partial charge >= 0.3 is 58.4 Å². The standard InChI is InChI=1S/C7H16BF3N.K/c1-4-7(5-2)12(3)6-8(9,10)11;/h7H,4-6H2,1-3H3;/q-1;+1. The van der Waals surface area contributed by atoms with E-state index in [0.29, 0.717) is 0 Å². The van der Waals surface area contributed by atoms with Crippen LogP contribution >= 0.6 is 0 Å². The summed E-state index contributed by atoms with van der Waals surface area (Å²) in [7, 11) is 1.53. The minimum atomic E-state index is -4.66. The average molecular weight is 221 g/mol. The zero-order valence-electron chi connectivity index (χ0n) is 8.86. The van der Waals surface area contributed by atoms with E-state index in [-0.39, 0.29) is 57.4 Å². The fourth-order valence-electron chi connectivity index (χ4n) is 1.39. The smallest absolute Gasteiger partial charge is 0.448 e. The summed E-state index contributed by atoms with van der Waals surface area (Å²) in [6.07, 6.45) is 0.810. The molecule has 0 N–H and O–H groups in total. The van der Waals surface area contributed by atoms with Gasteiger partial charge in [-0.15, -0.1) is 0 Å².